The summed E-state index contributed by atoms with van der Waals surface area (Å²) >= 11 is 0. The average Bonchev–Trinajstić information content (AvgIpc) is 3.02. The molecule has 1 spiro atoms. The number of carbonyl (C=O) groups excluding carboxylic acids is 2. The normalized spacial score (nSPS) is 36.3. The molecule has 0 amide bonds. The van der Waals surface area contributed by atoms with Gasteiger partial charge in [-0.2, -0.15) is 0 Å². The zero-order chi connectivity index (χ0) is 13.5. The van der Waals surface area contributed by atoms with Gasteiger partial charge in [-0.15, -0.1) is 0 Å². The molecule has 96 valence electrons. The summed E-state index contributed by atoms with van der Waals surface area (Å²) in [6.07, 6.45) is 1.91. The number of aliphatic hydroxyl groups is 1. The van der Waals surface area contributed by atoms with Gasteiger partial charge in [0, 0.05) is 22.0 Å². The predicted octanol–water partition coefficient (Wildman–Crippen LogP) is 1.95. The van der Waals surface area contributed by atoms with Gasteiger partial charge in [-0.1, -0.05) is 20.4 Å². The number of ketones is 2. The van der Waals surface area contributed by atoms with E-state index in [4.69, 9.17) is 0 Å². The van der Waals surface area contributed by atoms with E-state index in [2.05, 4.69) is 6.58 Å². The van der Waals surface area contributed by atoms with E-state index in [1.807, 2.05) is 13.8 Å². The minimum Gasteiger partial charge on any atom is -0.381 e. The van der Waals surface area contributed by atoms with Crippen LogP contribution >= 0.6 is 0 Å². The molecule has 0 aromatic carbocycles. The van der Waals surface area contributed by atoms with Crippen LogP contribution in [0.4, 0.5) is 0 Å². The van der Waals surface area contributed by atoms with Crippen molar-refractivity contribution in [1.82, 2.24) is 0 Å². The summed E-state index contributed by atoms with van der Waals surface area (Å²) in [5, 5.41) is 10.6. The molecule has 3 aliphatic rings. The van der Waals surface area contributed by atoms with E-state index in [-0.39, 0.29) is 11.6 Å². The van der Waals surface area contributed by atoms with Crippen LogP contribution in [-0.4, -0.2) is 22.3 Å². The van der Waals surface area contributed by atoms with Gasteiger partial charge < -0.3 is 5.11 Å². The van der Waals surface area contributed by atoms with Crippen molar-refractivity contribution in [3.05, 3.63) is 23.3 Å². The summed E-state index contributed by atoms with van der Waals surface area (Å²) < 4.78 is 0. The largest absolute Gasteiger partial charge is 0.381 e. The van der Waals surface area contributed by atoms with Crippen LogP contribution in [0, 0.1) is 10.8 Å². The molecule has 1 atom stereocenters. The zero-order valence-corrected chi connectivity index (χ0v) is 11.1. The number of rotatable bonds is 0. The monoisotopic (exact) mass is 246 g/mol. The molecule has 0 heterocycles. The van der Waals surface area contributed by atoms with Crippen molar-refractivity contribution in [1.29, 1.82) is 0 Å². The van der Waals surface area contributed by atoms with Crippen LogP contribution in [-0.2, 0) is 9.59 Å². The fourth-order valence-corrected chi connectivity index (χ4v) is 3.56. The molecule has 0 bridgehead atoms. The van der Waals surface area contributed by atoms with Crippen molar-refractivity contribution in [3.63, 3.8) is 0 Å². The number of allylic oxidation sites excluding steroid dienone is 1. The van der Waals surface area contributed by atoms with Crippen LogP contribution < -0.4 is 0 Å². The van der Waals surface area contributed by atoms with Crippen LogP contribution in [0.2, 0.25) is 0 Å². The molecule has 0 radical (unpaired) electrons. The molecule has 3 aliphatic carbocycles. The molecular weight excluding hydrogens is 228 g/mol. The van der Waals surface area contributed by atoms with Gasteiger partial charge in [0.2, 0.25) is 0 Å². The van der Waals surface area contributed by atoms with Crippen molar-refractivity contribution >= 4 is 11.6 Å². The van der Waals surface area contributed by atoms with E-state index >= 15 is 0 Å². The van der Waals surface area contributed by atoms with E-state index in [1.165, 1.54) is 0 Å². The molecular formula is C15H18O3. The van der Waals surface area contributed by atoms with Gasteiger partial charge in [0.15, 0.2) is 11.6 Å². The Labute approximate surface area is 107 Å². The average molecular weight is 246 g/mol. The topological polar surface area (TPSA) is 54.4 Å². The molecule has 1 fully saturated rings. The quantitative estimate of drug-likeness (QED) is 0.710. The standard InChI is InChI=1S/C15H18O3/c1-8-10-9(7-13(2,3)12(10)17)11(16)14(4,18)15(8)5-6-15/h18H,1,5-7H2,2-4H3. The van der Waals surface area contributed by atoms with E-state index in [0.717, 1.165) is 12.8 Å². The lowest BCUT2D eigenvalue weighted by Gasteiger charge is -2.38. The van der Waals surface area contributed by atoms with Crippen molar-refractivity contribution < 1.29 is 14.7 Å². The Bertz CT molecular complexity index is 542. The number of Topliss-reactive ketones (excluding diaryl/α,β-unsaturated/α-hetero) is 2. The molecule has 3 nitrogen and oxygen atoms in total. The summed E-state index contributed by atoms with van der Waals surface area (Å²) in [6.45, 7) is 9.30. The Morgan fingerprint density at radius 3 is 2.17 bits per heavy atom. The third kappa shape index (κ3) is 1.05. The summed E-state index contributed by atoms with van der Waals surface area (Å²) in [6, 6.07) is 0. The van der Waals surface area contributed by atoms with Gasteiger partial charge in [0.05, 0.1) is 0 Å². The second-order valence-electron chi connectivity index (χ2n) is 6.71. The van der Waals surface area contributed by atoms with Crippen LogP contribution in [0.15, 0.2) is 23.3 Å². The molecule has 1 N–H and O–H groups in total. The van der Waals surface area contributed by atoms with E-state index in [9.17, 15) is 14.7 Å². The van der Waals surface area contributed by atoms with Gasteiger partial charge in [0.25, 0.3) is 0 Å². The number of hydrogen-bond acceptors (Lipinski definition) is 3. The first kappa shape index (κ1) is 11.8. The maximum Gasteiger partial charge on any atom is 0.191 e. The molecule has 0 aromatic rings. The maximum absolute atomic E-state index is 12.5. The lowest BCUT2D eigenvalue weighted by atomic mass is 9.68. The Morgan fingerprint density at radius 1 is 1.11 bits per heavy atom. The van der Waals surface area contributed by atoms with Crippen molar-refractivity contribution in [2.45, 2.75) is 45.6 Å². The highest BCUT2D eigenvalue weighted by Crippen LogP contribution is 2.66. The van der Waals surface area contributed by atoms with Crippen molar-refractivity contribution in [3.8, 4) is 0 Å². The van der Waals surface area contributed by atoms with Crippen LogP contribution in [0.25, 0.3) is 0 Å². The maximum atomic E-state index is 12.5. The molecule has 0 saturated heterocycles. The van der Waals surface area contributed by atoms with Crippen molar-refractivity contribution in [2.24, 2.45) is 10.8 Å². The predicted molar refractivity (Wildman–Crippen MR) is 66.9 cm³/mol. The third-order valence-corrected chi connectivity index (χ3v) is 5.04. The van der Waals surface area contributed by atoms with Crippen molar-refractivity contribution in [2.75, 3.05) is 0 Å². The first-order valence-corrected chi connectivity index (χ1v) is 6.40. The molecule has 3 rings (SSSR count). The Morgan fingerprint density at radius 2 is 1.67 bits per heavy atom. The van der Waals surface area contributed by atoms with E-state index in [1.54, 1.807) is 6.92 Å². The number of hydrogen-bond donors (Lipinski definition) is 1. The van der Waals surface area contributed by atoms with Crippen LogP contribution in [0.3, 0.4) is 0 Å². The van der Waals surface area contributed by atoms with Crippen LogP contribution in [0.1, 0.15) is 40.0 Å². The molecule has 3 heteroatoms. The molecule has 1 unspecified atom stereocenters. The summed E-state index contributed by atoms with van der Waals surface area (Å²) in [5.74, 6) is -0.251. The second-order valence-corrected chi connectivity index (χ2v) is 6.71. The lowest BCUT2D eigenvalue weighted by Crippen LogP contribution is -2.49. The zero-order valence-electron chi connectivity index (χ0n) is 11.1. The lowest BCUT2D eigenvalue weighted by molar-refractivity contribution is -0.138. The van der Waals surface area contributed by atoms with Crippen LogP contribution in [0.5, 0.6) is 0 Å². The van der Waals surface area contributed by atoms with Gasteiger partial charge in [-0.25, -0.2) is 0 Å². The fourth-order valence-electron chi connectivity index (χ4n) is 3.56. The second kappa shape index (κ2) is 2.85. The Kier molecular flexibility index (Phi) is 1.88. The minimum atomic E-state index is -1.39. The van der Waals surface area contributed by atoms with E-state index in [0.29, 0.717) is 23.1 Å². The summed E-state index contributed by atoms with van der Waals surface area (Å²) in [7, 11) is 0. The Hall–Kier alpha value is -1.22. The highest BCUT2D eigenvalue weighted by Gasteiger charge is 2.67. The van der Waals surface area contributed by atoms with Gasteiger partial charge in [-0.05, 0) is 31.8 Å². The van der Waals surface area contributed by atoms with Gasteiger partial charge >= 0.3 is 0 Å². The smallest absolute Gasteiger partial charge is 0.191 e. The fraction of sp³-hybridized carbons (Fsp3) is 0.600. The number of carbonyl (C=O) groups is 2. The first-order chi connectivity index (χ1) is 8.15. The SMILES string of the molecule is C=C1C2=C(CC(C)(C)C2=O)C(=O)C(C)(O)C12CC2. The van der Waals surface area contributed by atoms with Gasteiger partial charge in [-0.3, -0.25) is 9.59 Å². The van der Waals surface area contributed by atoms with E-state index < -0.39 is 16.4 Å². The first-order valence-electron chi connectivity index (χ1n) is 6.40. The Balaban J connectivity index is 2.22. The summed E-state index contributed by atoms with van der Waals surface area (Å²) in [4.78, 5) is 24.9. The minimum absolute atomic E-state index is 0.0117. The highest BCUT2D eigenvalue weighted by atomic mass is 16.3. The molecule has 0 aromatic heterocycles. The molecule has 1 saturated carbocycles. The summed E-state index contributed by atoms with van der Waals surface area (Å²) in [5.41, 5.74) is -0.785. The van der Waals surface area contributed by atoms with Gasteiger partial charge in [0.1, 0.15) is 5.60 Å². The third-order valence-electron chi connectivity index (χ3n) is 5.04. The molecule has 18 heavy (non-hydrogen) atoms. The highest BCUT2D eigenvalue weighted by molar-refractivity contribution is 6.19. The molecule has 0 aliphatic heterocycles.